The lowest BCUT2D eigenvalue weighted by Crippen LogP contribution is -1.92. The van der Waals surface area contributed by atoms with Crippen molar-refractivity contribution in [1.29, 1.82) is 0 Å². The van der Waals surface area contributed by atoms with Gasteiger partial charge in [0.15, 0.2) is 0 Å². The maximum Gasteiger partial charge on any atom is -0.00769 e. The number of hydrogen-bond donors (Lipinski definition) is 0. The van der Waals surface area contributed by atoms with Crippen molar-refractivity contribution in [1.82, 2.24) is 0 Å². The van der Waals surface area contributed by atoms with Crippen molar-refractivity contribution in [2.75, 3.05) is 0 Å². The molecule has 0 bridgehead atoms. The van der Waals surface area contributed by atoms with E-state index in [2.05, 4.69) is 37.3 Å². The van der Waals surface area contributed by atoms with E-state index in [4.69, 9.17) is 0 Å². The van der Waals surface area contributed by atoms with Crippen LogP contribution < -0.4 is 5.30 Å². The lowest BCUT2D eigenvalue weighted by Gasteiger charge is -2.03. The van der Waals surface area contributed by atoms with Gasteiger partial charge in [0.2, 0.25) is 0 Å². The van der Waals surface area contributed by atoms with Gasteiger partial charge in [0.05, 0.1) is 0 Å². The van der Waals surface area contributed by atoms with Gasteiger partial charge in [-0.05, 0) is 43.7 Å². The van der Waals surface area contributed by atoms with Crippen LogP contribution in [0.15, 0.2) is 29.6 Å². The van der Waals surface area contributed by atoms with Crippen molar-refractivity contribution in [2.24, 2.45) is 0 Å². The Balaban J connectivity index is 1.45. The van der Waals surface area contributed by atoms with Gasteiger partial charge in [-0.2, -0.15) is 0 Å². The molecule has 21 heavy (non-hydrogen) atoms. The summed E-state index contributed by atoms with van der Waals surface area (Å²) in [7, 11) is 1.46. The molecule has 0 fully saturated rings. The molecule has 0 spiro atoms. The van der Waals surface area contributed by atoms with E-state index in [1.54, 1.807) is 5.31 Å². The maximum absolute atomic E-state index is 2.41. The summed E-state index contributed by atoms with van der Waals surface area (Å²) >= 11 is 0. The number of fused-ring (bicyclic) bond motifs is 1. The van der Waals surface area contributed by atoms with E-state index in [9.17, 15) is 0 Å². The highest BCUT2D eigenvalue weighted by Crippen LogP contribution is 2.36. The molecular formula is C20H30P. The molecule has 0 nitrogen and oxygen atoms in total. The summed E-state index contributed by atoms with van der Waals surface area (Å²) in [4.78, 5) is 0. The average molecular weight is 301 g/mol. The summed E-state index contributed by atoms with van der Waals surface area (Å²) in [5.41, 5.74) is 1.45. The van der Waals surface area contributed by atoms with Crippen LogP contribution in [0.1, 0.15) is 83.1 Å². The molecule has 1 aromatic rings. The largest absolute Gasteiger partial charge is 0.0654 e. The van der Waals surface area contributed by atoms with Crippen LogP contribution in [0, 0.1) is 0 Å². The van der Waals surface area contributed by atoms with Crippen LogP contribution in [-0.4, -0.2) is 0 Å². The fourth-order valence-corrected chi connectivity index (χ4v) is 4.21. The summed E-state index contributed by atoms with van der Waals surface area (Å²) in [5.74, 6) is 0. The molecule has 0 saturated carbocycles. The normalized spacial score (nSPS) is 14.4. The molecule has 1 heterocycles. The fourth-order valence-electron chi connectivity index (χ4n) is 3.00. The Morgan fingerprint density at radius 1 is 0.762 bits per heavy atom. The first kappa shape index (κ1) is 16.8. The van der Waals surface area contributed by atoms with Crippen LogP contribution >= 0.6 is 8.58 Å². The second kappa shape index (κ2) is 10.2. The maximum atomic E-state index is 2.41. The minimum atomic E-state index is 1.30. The third-order valence-electron chi connectivity index (χ3n) is 4.31. The highest BCUT2D eigenvalue weighted by molar-refractivity contribution is 7.53. The van der Waals surface area contributed by atoms with Crippen LogP contribution in [0.25, 0.3) is 6.08 Å². The van der Waals surface area contributed by atoms with E-state index in [0.29, 0.717) is 0 Å². The minimum Gasteiger partial charge on any atom is -0.0654 e. The highest BCUT2D eigenvalue weighted by atomic mass is 31.1. The Morgan fingerprint density at radius 2 is 1.38 bits per heavy atom. The third kappa shape index (κ3) is 6.35. The monoisotopic (exact) mass is 301 g/mol. The molecule has 0 aromatic heterocycles. The molecule has 1 aliphatic heterocycles. The third-order valence-corrected chi connectivity index (χ3v) is 5.60. The Kier molecular flexibility index (Phi) is 8.12. The van der Waals surface area contributed by atoms with Crippen molar-refractivity contribution >= 4 is 20.0 Å². The molecule has 0 saturated heterocycles. The molecule has 1 radical (unpaired) electrons. The zero-order chi connectivity index (χ0) is 14.8. The zero-order valence-corrected chi connectivity index (χ0v) is 14.5. The van der Waals surface area contributed by atoms with Gasteiger partial charge in [-0.1, -0.05) is 89.0 Å². The molecule has 0 amide bonds. The molecule has 0 atom stereocenters. The van der Waals surface area contributed by atoms with Crippen LogP contribution in [0.4, 0.5) is 0 Å². The predicted octanol–water partition coefficient (Wildman–Crippen LogP) is 6.92. The summed E-state index contributed by atoms with van der Waals surface area (Å²) in [6.45, 7) is 2.29. The molecule has 0 N–H and O–H groups in total. The predicted molar refractivity (Wildman–Crippen MR) is 97.4 cm³/mol. The molecule has 1 aliphatic rings. The van der Waals surface area contributed by atoms with Crippen LogP contribution in [0.5, 0.6) is 0 Å². The molecule has 2 rings (SSSR count). The van der Waals surface area contributed by atoms with Crippen LogP contribution in [0.3, 0.4) is 0 Å². The van der Waals surface area contributed by atoms with Gasteiger partial charge in [0.1, 0.15) is 0 Å². The number of benzene rings is 1. The lowest BCUT2D eigenvalue weighted by atomic mass is 10.1. The first-order valence-electron chi connectivity index (χ1n) is 8.91. The molecule has 1 aromatic carbocycles. The van der Waals surface area contributed by atoms with Gasteiger partial charge in [0, 0.05) is 0 Å². The molecule has 1 heteroatoms. The van der Waals surface area contributed by atoms with E-state index in [-0.39, 0.29) is 0 Å². The van der Waals surface area contributed by atoms with Crippen molar-refractivity contribution in [3.05, 3.63) is 35.1 Å². The Hall–Kier alpha value is -0.610. The van der Waals surface area contributed by atoms with Crippen molar-refractivity contribution < 1.29 is 0 Å². The van der Waals surface area contributed by atoms with E-state index < -0.39 is 0 Å². The Bertz CT molecular complexity index is 433. The Morgan fingerprint density at radius 3 is 2.05 bits per heavy atom. The quantitative estimate of drug-likeness (QED) is 0.307. The summed E-state index contributed by atoms with van der Waals surface area (Å²) in [6, 6.07) is 8.81. The molecule has 0 aliphatic carbocycles. The van der Waals surface area contributed by atoms with Crippen molar-refractivity contribution in [3.8, 4) is 0 Å². The SMILES string of the molecule is CCCCCCCCCCCCC1=Cc2ccccc2[P]1. The summed E-state index contributed by atoms with van der Waals surface area (Å²) in [5, 5.41) is 3.12. The van der Waals surface area contributed by atoms with E-state index >= 15 is 0 Å². The van der Waals surface area contributed by atoms with E-state index in [0.717, 1.165) is 0 Å². The lowest BCUT2D eigenvalue weighted by molar-refractivity contribution is 0.557. The molecular weight excluding hydrogens is 271 g/mol. The van der Waals surface area contributed by atoms with Gasteiger partial charge >= 0.3 is 0 Å². The average Bonchev–Trinajstić information content (AvgIpc) is 2.92. The Labute approximate surface area is 133 Å². The number of unbranched alkanes of at least 4 members (excludes halogenated alkanes) is 9. The van der Waals surface area contributed by atoms with Crippen LogP contribution in [0.2, 0.25) is 0 Å². The van der Waals surface area contributed by atoms with E-state index in [1.165, 1.54) is 90.1 Å². The molecule has 0 unspecified atom stereocenters. The van der Waals surface area contributed by atoms with Gasteiger partial charge in [-0.25, -0.2) is 0 Å². The van der Waals surface area contributed by atoms with Crippen molar-refractivity contribution in [3.63, 3.8) is 0 Å². The number of rotatable bonds is 11. The fraction of sp³-hybridized carbons (Fsp3) is 0.600. The minimum absolute atomic E-state index is 1.30. The van der Waals surface area contributed by atoms with Gasteiger partial charge in [0.25, 0.3) is 0 Å². The van der Waals surface area contributed by atoms with E-state index in [1.807, 2.05) is 0 Å². The topological polar surface area (TPSA) is 0 Å². The number of allylic oxidation sites excluding steroid dienone is 1. The first-order valence-corrected chi connectivity index (χ1v) is 9.81. The summed E-state index contributed by atoms with van der Waals surface area (Å²) in [6.07, 6.45) is 18.0. The highest BCUT2D eigenvalue weighted by Gasteiger charge is 2.11. The zero-order valence-electron chi connectivity index (χ0n) is 13.6. The van der Waals surface area contributed by atoms with Gasteiger partial charge in [-0.15, -0.1) is 0 Å². The second-order valence-corrected chi connectivity index (χ2v) is 7.52. The van der Waals surface area contributed by atoms with Gasteiger partial charge in [-0.3, -0.25) is 0 Å². The first-order chi connectivity index (χ1) is 10.4. The van der Waals surface area contributed by atoms with Gasteiger partial charge < -0.3 is 0 Å². The smallest absolute Gasteiger partial charge is 0.00769 e. The molecule has 115 valence electrons. The van der Waals surface area contributed by atoms with Crippen molar-refractivity contribution in [2.45, 2.75) is 77.6 Å². The summed E-state index contributed by atoms with van der Waals surface area (Å²) < 4.78 is 0. The standard InChI is InChI=1S/C20H30P/c1-2-3-4-5-6-7-8-9-10-11-15-19-17-18-14-12-13-16-20(18)21-19/h12-14,16-17H,2-11,15H2,1H3. The second-order valence-electron chi connectivity index (χ2n) is 6.24. The number of hydrogen-bond acceptors (Lipinski definition) is 0. The van der Waals surface area contributed by atoms with Crippen LogP contribution in [-0.2, 0) is 0 Å².